The van der Waals surface area contributed by atoms with Gasteiger partial charge >= 0.3 is 6.09 Å². The molecule has 6 nitrogen and oxygen atoms in total. The average molecular weight is 272 g/mol. The summed E-state index contributed by atoms with van der Waals surface area (Å²) in [4.78, 5) is 25.5. The Morgan fingerprint density at radius 1 is 1.47 bits per heavy atom. The molecule has 2 N–H and O–H groups in total. The fourth-order valence-corrected chi connectivity index (χ4v) is 1.96. The summed E-state index contributed by atoms with van der Waals surface area (Å²) in [7, 11) is 0. The molecule has 0 aromatic carbocycles. The molecule has 1 aliphatic rings. The first-order valence-electron chi connectivity index (χ1n) is 6.65. The third kappa shape index (κ3) is 4.70. The lowest BCUT2D eigenvalue weighted by molar-refractivity contribution is -0.126. The Hall–Kier alpha value is -1.30. The Morgan fingerprint density at radius 3 is 2.63 bits per heavy atom. The van der Waals surface area contributed by atoms with Crippen LogP contribution < -0.4 is 5.32 Å². The van der Waals surface area contributed by atoms with Crippen LogP contribution in [0.15, 0.2) is 0 Å². The molecule has 0 radical (unpaired) electrons. The summed E-state index contributed by atoms with van der Waals surface area (Å²) < 4.78 is 5.29. The SMILES string of the molecule is CC(CO)NC(=O)C1CCCN1C(=O)OC(C)(C)C. The van der Waals surface area contributed by atoms with Gasteiger partial charge in [-0.05, 0) is 40.5 Å². The molecule has 0 aromatic rings. The van der Waals surface area contributed by atoms with Crippen LogP contribution in [0.5, 0.6) is 0 Å². The maximum atomic E-state index is 12.0. The van der Waals surface area contributed by atoms with Crippen molar-refractivity contribution in [3.8, 4) is 0 Å². The summed E-state index contributed by atoms with van der Waals surface area (Å²) >= 11 is 0. The van der Waals surface area contributed by atoms with Crippen molar-refractivity contribution < 1.29 is 19.4 Å². The number of nitrogens with zero attached hydrogens (tertiary/aromatic N) is 1. The molecule has 1 saturated heterocycles. The smallest absolute Gasteiger partial charge is 0.410 e. The van der Waals surface area contributed by atoms with Crippen LogP contribution in [0.4, 0.5) is 4.79 Å². The zero-order valence-corrected chi connectivity index (χ0v) is 12.1. The number of hydrogen-bond donors (Lipinski definition) is 2. The van der Waals surface area contributed by atoms with Crippen LogP contribution in [0.2, 0.25) is 0 Å². The Labute approximate surface area is 114 Å². The summed E-state index contributed by atoms with van der Waals surface area (Å²) in [5.74, 6) is -0.232. The third-order valence-electron chi connectivity index (χ3n) is 2.85. The maximum absolute atomic E-state index is 12.0. The fraction of sp³-hybridized carbons (Fsp3) is 0.846. The molecule has 1 rings (SSSR count). The van der Waals surface area contributed by atoms with Crippen LogP contribution in [0, 0.1) is 0 Å². The standard InChI is InChI=1S/C13H24N2O4/c1-9(8-16)14-11(17)10-6-5-7-15(10)12(18)19-13(2,3)4/h9-10,16H,5-8H2,1-4H3,(H,14,17). The van der Waals surface area contributed by atoms with E-state index < -0.39 is 17.7 Å². The van der Waals surface area contributed by atoms with Gasteiger partial charge < -0.3 is 15.2 Å². The number of amides is 2. The molecule has 0 spiro atoms. The van der Waals surface area contributed by atoms with Crippen LogP contribution in [0.25, 0.3) is 0 Å². The molecule has 2 unspecified atom stereocenters. The molecule has 0 saturated carbocycles. The molecule has 110 valence electrons. The van der Waals surface area contributed by atoms with Gasteiger partial charge in [0.15, 0.2) is 0 Å². The highest BCUT2D eigenvalue weighted by Crippen LogP contribution is 2.21. The quantitative estimate of drug-likeness (QED) is 0.799. The molecule has 0 bridgehead atoms. The van der Waals surface area contributed by atoms with E-state index in [1.54, 1.807) is 27.7 Å². The van der Waals surface area contributed by atoms with Crippen molar-refractivity contribution in [1.29, 1.82) is 0 Å². The number of ether oxygens (including phenoxy) is 1. The van der Waals surface area contributed by atoms with Crippen molar-refractivity contribution in [2.45, 2.75) is 58.2 Å². The first kappa shape index (κ1) is 15.8. The number of carbonyl (C=O) groups is 2. The highest BCUT2D eigenvalue weighted by Gasteiger charge is 2.36. The number of aliphatic hydroxyl groups excluding tert-OH is 1. The van der Waals surface area contributed by atoms with E-state index in [0.29, 0.717) is 13.0 Å². The number of carbonyl (C=O) groups excluding carboxylic acids is 2. The van der Waals surface area contributed by atoms with Crippen LogP contribution in [-0.2, 0) is 9.53 Å². The zero-order valence-electron chi connectivity index (χ0n) is 12.1. The monoisotopic (exact) mass is 272 g/mol. The van der Waals surface area contributed by atoms with Crippen molar-refractivity contribution in [1.82, 2.24) is 10.2 Å². The maximum Gasteiger partial charge on any atom is 0.410 e. The lowest BCUT2D eigenvalue weighted by atomic mass is 10.2. The van der Waals surface area contributed by atoms with Gasteiger partial charge in [-0.3, -0.25) is 9.69 Å². The van der Waals surface area contributed by atoms with Crippen molar-refractivity contribution in [2.24, 2.45) is 0 Å². The second kappa shape index (κ2) is 6.23. The average Bonchev–Trinajstić information content (AvgIpc) is 2.75. The van der Waals surface area contributed by atoms with E-state index >= 15 is 0 Å². The summed E-state index contributed by atoms with van der Waals surface area (Å²) in [5, 5.41) is 11.6. The lowest BCUT2D eigenvalue weighted by Gasteiger charge is -2.28. The Bertz CT molecular complexity index is 338. The van der Waals surface area contributed by atoms with Gasteiger partial charge in [0, 0.05) is 12.6 Å². The van der Waals surface area contributed by atoms with Crippen LogP contribution in [-0.4, -0.2) is 52.8 Å². The van der Waals surface area contributed by atoms with Gasteiger partial charge in [0.2, 0.25) is 5.91 Å². The predicted octanol–water partition coefficient (Wildman–Crippen LogP) is 0.883. The summed E-state index contributed by atoms with van der Waals surface area (Å²) in [6.07, 6.45) is 0.954. The van der Waals surface area contributed by atoms with Crippen LogP contribution in [0.3, 0.4) is 0 Å². The van der Waals surface area contributed by atoms with Crippen molar-refractivity contribution in [2.75, 3.05) is 13.2 Å². The van der Waals surface area contributed by atoms with Gasteiger partial charge in [-0.2, -0.15) is 0 Å². The second-order valence-electron chi connectivity index (χ2n) is 5.92. The minimum Gasteiger partial charge on any atom is -0.444 e. The fourth-order valence-electron chi connectivity index (χ4n) is 1.96. The van der Waals surface area contributed by atoms with E-state index in [0.717, 1.165) is 6.42 Å². The molecule has 1 fully saturated rings. The molecule has 2 amide bonds. The molecule has 1 aliphatic heterocycles. The molecule has 0 aliphatic carbocycles. The number of likely N-dealkylation sites (tertiary alicyclic amines) is 1. The Morgan fingerprint density at radius 2 is 2.11 bits per heavy atom. The van der Waals surface area contributed by atoms with Crippen LogP contribution in [0.1, 0.15) is 40.5 Å². The van der Waals surface area contributed by atoms with Crippen molar-refractivity contribution in [3.63, 3.8) is 0 Å². The second-order valence-corrected chi connectivity index (χ2v) is 5.92. The number of hydrogen-bond acceptors (Lipinski definition) is 4. The van der Waals surface area contributed by atoms with Gasteiger partial charge in [0.1, 0.15) is 11.6 Å². The Kier molecular flexibility index (Phi) is 5.17. The highest BCUT2D eigenvalue weighted by molar-refractivity contribution is 5.86. The van der Waals surface area contributed by atoms with E-state index in [1.807, 2.05) is 0 Å². The first-order valence-corrected chi connectivity index (χ1v) is 6.65. The molecule has 1 heterocycles. The number of aliphatic hydroxyl groups is 1. The molecule has 6 heteroatoms. The normalized spacial score (nSPS) is 21.1. The van der Waals surface area contributed by atoms with E-state index in [4.69, 9.17) is 9.84 Å². The zero-order chi connectivity index (χ0) is 14.6. The van der Waals surface area contributed by atoms with Gasteiger partial charge in [0.05, 0.1) is 6.61 Å². The molecule has 0 aromatic heterocycles. The highest BCUT2D eigenvalue weighted by atomic mass is 16.6. The topological polar surface area (TPSA) is 78.9 Å². The van der Waals surface area contributed by atoms with Gasteiger partial charge in [-0.25, -0.2) is 4.79 Å². The summed E-state index contributed by atoms with van der Waals surface area (Å²) in [5.41, 5.74) is -0.570. The van der Waals surface area contributed by atoms with Crippen LogP contribution >= 0.6 is 0 Å². The number of nitrogens with one attached hydrogen (secondary N) is 1. The predicted molar refractivity (Wildman–Crippen MR) is 70.7 cm³/mol. The molecular weight excluding hydrogens is 248 g/mol. The summed E-state index contributed by atoms with van der Waals surface area (Å²) in [6.45, 7) is 7.51. The van der Waals surface area contributed by atoms with E-state index in [9.17, 15) is 9.59 Å². The van der Waals surface area contributed by atoms with Gasteiger partial charge in [-0.1, -0.05) is 0 Å². The van der Waals surface area contributed by atoms with Crippen molar-refractivity contribution >= 4 is 12.0 Å². The van der Waals surface area contributed by atoms with E-state index in [1.165, 1.54) is 4.90 Å². The van der Waals surface area contributed by atoms with Crippen molar-refractivity contribution in [3.05, 3.63) is 0 Å². The largest absolute Gasteiger partial charge is 0.444 e. The van der Waals surface area contributed by atoms with E-state index in [-0.39, 0.29) is 18.6 Å². The minimum absolute atomic E-state index is 0.120. The Balaban J connectivity index is 2.63. The minimum atomic E-state index is -0.570. The summed E-state index contributed by atoms with van der Waals surface area (Å²) in [6, 6.07) is -0.808. The number of rotatable bonds is 3. The molecular formula is C13H24N2O4. The molecule has 19 heavy (non-hydrogen) atoms. The first-order chi connectivity index (χ1) is 8.74. The van der Waals surface area contributed by atoms with Gasteiger partial charge in [0.25, 0.3) is 0 Å². The molecule has 2 atom stereocenters. The van der Waals surface area contributed by atoms with Gasteiger partial charge in [-0.15, -0.1) is 0 Å². The third-order valence-corrected chi connectivity index (χ3v) is 2.85. The lowest BCUT2D eigenvalue weighted by Crippen LogP contribution is -2.50. The van der Waals surface area contributed by atoms with E-state index in [2.05, 4.69) is 5.32 Å².